The number of likely N-dealkylation sites (tertiary alicyclic amines) is 1. The van der Waals surface area contributed by atoms with Crippen LogP contribution in [0.4, 0.5) is 10.8 Å². The van der Waals surface area contributed by atoms with Gasteiger partial charge in [0.15, 0.2) is 5.13 Å². The molecule has 24 heavy (non-hydrogen) atoms. The number of nitro groups is 1. The molecule has 0 radical (unpaired) electrons. The molecule has 0 bridgehead atoms. The molecular weight excluding hydrogens is 332 g/mol. The van der Waals surface area contributed by atoms with Crippen molar-refractivity contribution in [1.82, 2.24) is 9.88 Å². The van der Waals surface area contributed by atoms with E-state index in [4.69, 9.17) is 0 Å². The normalized spacial score (nSPS) is 14.0. The van der Waals surface area contributed by atoms with E-state index in [0.717, 1.165) is 6.42 Å². The Bertz CT molecular complexity index is 778. The van der Waals surface area contributed by atoms with Crippen molar-refractivity contribution >= 4 is 34.0 Å². The van der Waals surface area contributed by atoms with Crippen molar-refractivity contribution in [2.75, 3.05) is 18.1 Å². The van der Waals surface area contributed by atoms with Gasteiger partial charge in [-0.3, -0.25) is 24.6 Å². The third-order valence-electron chi connectivity index (χ3n) is 3.68. The average molecular weight is 346 g/mol. The Kier molecular flexibility index (Phi) is 4.52. The SMILES string of the molecule is O=C1CCCN1CN(C(=O)c1cccc([N+](=O)[O-])c1)c1nccs1. The van der Waals surface area contributed by atoms with E-state index in [9.17, 15) is 19.7 Å². The van der Waals surface area contributed by atoms with Gasteiger partial charge >= 0.3 is 0 Å². The second-order valence-electron chi connectivity index (χ2n) is 5.26. The van der Waals surface area contributed by atoms with E-state index in [1.165, 1.54) is 40.5 Å². The van der Waals surface area contributed by atoms with Crippen LogP contribution in [-0.2, 0) is 4.79 Å². The Morgan fingerprint density at radius 3 is 2.92 bits per heavy atom. The van der Waals surface area contributed by atoms with E-state index in [-0.39, 0.29) is 23.8 Å². The van der Waals surface area contributed by atoms with E-state index in [2.05, 4.69) is 4.98 Å². The number of nitrogens with zero attached hydrogens (tertiary/aromatic N) is 4. The van der Waals surface area contributed by atoms with Gasteiger partial charge in [-0.2, -0.15) is 0 Å². The summed E-state index contributed by atoms with van der Waals surface area (Å²) in [5.41, 5.74) is 0.0308. The number of aromatic nitrogens is 1. The van der Waals surface area contributed by atoms with Gasteiger partial charge in [0.2, 0.25) is 5.91 Å². The lowest BCUT2D eigenvalue weighted by Gasteiger charge is -2.25. The fourth-order valence-corrected chi connectivity index (χ4v) is 3.13. The Morgan fingerprint density at radius 1 is 1.46 bits per heavy atom. The van der Waals surface area contributed by atoms with Gasteiger partial charge in [0, 0.05) is 42.2 Å². The lowest BCUT2D eigenvalue weighted by atomic mass is 10.2. The summed E-state index contributed by atoms with van der Waals surface area (Å²) in [6.07, 6.45) is 2.80. The molecule has 0 saturated carbocycles. The van der Waals surface area contributed by atoms with Gasteiger partial charge in [-0.05, 0) is 12.5 Å². The molecule has 8 nitrogen and oxygen atoms in total. The fourth-order valence-electron chi connectivity index (χ4n) is 2.49. The number of rotatable bonds is 5. The van der Waals surface area contributed by atoms with Crippen LogP contribution in [-0.4, -0.2) is 39.8 Å². The molecule has 0 unspecified atom stereocenters. The summed E-state index contributed by atoms with van der Waals surface area (Å²) in [7, 11) is 0. The molecule has 0 aliphatic carbocycles. The van der Waals surface area contributed by atoms with Gasteiger partial charge in [0.1, 0.15) is 6.67 Å². The largest absolute Gasteiger partial charge is 0.324 e. The number of nitro benzene ring substituents is 1. The quantitative estimate of drug-likeness (QED) is 0.611. The number of anilines is 1. The first kappa shape index (κ1) is 16.1. The molecule has 1 aliphatic heterocycles. The summed E-state index contributed by atoms with van der Waals surface area (Å²) < 4.78 is 0. The maximum Gasteiger partial charge on any atom is 0.270 e. The average Bonchev–Trinajstić information content (AvgIpc) is 3.24. The molecule has 0 atom stereocenters. The molecule has 1 aliphatic rings. The number of thiazole rings is 1. The highest BCUT2D eigenvalue weighted by atomic mass is 32.1. The topological polar surface area (TPSA) is 96.7 Å². The minimum absolute atomic E-state index is 0.0107. The summed E-state index contributed by atoms with van der Waals surface area (Å²) in [6, 6.07) is 5.54. The number of hydrogen-bond acceptors (Lipinski definition) is 6. The maximum atomic E-state index is 12.8. The molecule has 1 saturated heterocycles. The standard InChI is InChI=1S/C15H14N4O4S/c20-13-5-2-7-17(13)10-18(15-16-6-8-24-15)14(21)11-3-1-4-12(9-11)19(22)23/h1,3-4,6,8-9H,2,5,7,10H2. The molecule has 124 valence electrons. The summed E-state index contributed by atoms with van der Waals surface area (Å²) in [5, 5.41) is 13.1. The Labute approximate surface area is 141 Å². The van der Waals surface area contributed by atoms with E-state index in [1.54, 1.807) is 16.5 Å². The molecular formula is C15H14N4O4S. The Balaban J connectivity index is 1.90. The predicted octanol–water partition coefficient (Wildman–Crippen LogP) is 2.28. The van der Waals surface area contributed by atoms with Gasteiger partial charge in [-0.1, -0.05) is 6.07 Å². The molecule has 1 aromatic carbocycles. The highest BCUT2D eigenvalue weighted by molar-refractivity contribution is 7.13. The third kappa shape index (κ3) is 3.25. The summed E-state index contributed by atoms with van der Waals surface area (Å²) in [4.78, 5) is 42.2. The molecule has 1 aromatic heterocycles. The smallest absolute Gasteiger partial charge is 0.270 e. The van der Waals surface area contributed by atoms with E-state index in [0.29, 0.717) is 18.1 Å². The first-order valence-electron chi connectivity index (χ1n) is 7.30. The highest BCUT2D eigenvalue weighted by Crippen LogP contribution is 2.23. The van der Waals surface area contributed by atoms with Crippen LogP contribution >= 0.6 is 11.3 Å². The van der Waals surface area contributed by atoms with Crippen LogP contribution in [0.3, 0.4) is 0 Å². The van der Waals surface area contributed by atoms with Crippen LogP contribution in [0.15, 0.2) is 35.8 Å². The lowest BCUT2D eigenvalue weighted by Crippen LogP contribution is -2.42. The van der Waals surface area contributed by atoms with E-state index >= 15 is 0 Å². The zero-order valence-electron chi connectivity index (χ0n) is 12.6. The van der Waals surface area contributed by atoms with Gasteiger partial charge < -0.3 is 4.90 Å². The number of hydrogen-bond donors (Lipinski definition) is 0. The summed E-state index contributed by atoms with van der Waals surface area (Å²) >= 11 is 1.27. The molecule has 3 rings (SSSR count). The van der Waals surface area contributed by atoms with Gasteiger partial charge in [-0.25, -0.2) is 4.98 Å². The van der Waals surface area contributed by atoms with Crippen molar-refractivity contribution in [3.8, 4) is 0 Å². The number of amides is 2. The van der Waals surface area contributed by atoms with E-state index < -0.39 is 10.8 Å². The van der Waals surface area contributed by atoms with Crippen molar-refractivity contribution in [2.45, 2.75) is 12.8 Å². The first-order valence-corrected chi connectivity index (χ1v) is 8.18. The molecule has 1 fully saturated rings. The Morgan fingerprint density at radius 2 is 2.29 bits per heavy atom. The number of carbonyl (C=O) groups excluding carboxylic acids is 2. The lowest BCUT2D eigenvalue weighted by molar-refractivity contribution is -0.384. The van der Waals surface area contributed by atoms with Gasteiger partial charge in [0.25, 0.3) is 11.6 Å². The van der Waals surface area contributed by atoms with Crippen molar-refractivity contribution in [2.24, 2.45) is 0 Å². The van der Waals surface area contributed by atoms with Crippen molar-refractivity contribution in [3.63, 3.8) is 0 Å². The van der Waals surface area contributed by atoms with Gasteiger partial charge in [0.05, 0.1) is 4.92 Å². The number of benzene rings is 1. The third-order valence-corrected chi connectivity index (χ3v) is 4.48. The van der Waals surface area contributed by atoms with Gasteiger partial charge in [-0.15, -0.1) is 11.3 Å². The molecule has 2 aromatic rings. The van der Waals surface area contributed by atoms with Crippen LogP contribution in [0, 0.1) is 10.1 Å². The van der Waals surface area contributed by atoms with Crippen LogP contribution in [0.1, 0.15) is 23.2 Å². The van der Waals surface area contributed by atoms with Crippen molar-refractivity contribution in [3.05, 3.63) is 51.5 Å². The fraction of sp³-hybridized carbons (Fsp3) is 0.267. The second-order valence-corrected chi connectivity index (χ2v) is 6.13. The van der Waals surface area contributed by atoms with Crippen LogP contribution in [0.2, 0.25) is 0 Å². The minimum Gasteiger partial charge on any atom is -0.324 e. The molecule has 9 heteroatoms. The highest BCUT2D eigenvalue weighted by Gasteiger charge is 2.28. The van der Waals surface area contributed by atoms with Crippen LogP contribution in [0.25, 0.3) is 0 Å². The van der Waals surface area contributed by atoms with E-state index in [1.807, 2.05) is 0 Å². The monoisotopic (exact) mass is 346 g/mol. The molecule has 0 spiro atoms. The molecule has 2 amide bonds. The maximum absolute atomic E-state index is 12.8. The summed E-state index contributed by atoms with van der Waals surface area (Å²) in [5.74, 6) is -0.434. The number of non-ortho nitro benzene ring substituents is 1. The second kappa shape index (κ2) is 6.75. The van der Waals surface area contributed by atoms with Crippen molar-refractivity contribution < 1.29 is 14.5 Å². The first-order chi connectivity index (χ1) is 11.6. The minimum atomic E-state index is -0.547. The van der Waals surface area contributed by atoms with Crippen LogP contribution < -0.4 is 4.90 Å². The Hall–Kier alpha value is -2.81. The summed E-state index contributed by atoms with van der Waals surface area (Å²) in [6.45, 7) is 0.677. The predicted molar refractivity (Wildman–Crippen MR) is 87.8 cm³/mol. The van der Waals surface area contributed by atoms with Crippen molar-refractivity contribution in [1.29, 1.82) is 0 Å². The zero-order chi connectivity index (χ0) is 17.1. The molecule has 0 N–H and O–H groups in total. The zero-order valence-corrected chi connectivity index (χ0v) is 13.4. The van der Waals surface area contributed by atoms with Crippen LogP contribution in [0.5, 0.6) is 0 Å². The molecule has 2 heterocycles. The number of carbonyl (C=O) groups is 2.